The Balaban J connectivity index is 1.64. The number of rotatable bonds is 3. The number of benzene rings is 2. The van der Waals surface area contributed by atoms with Crippen LogP contribution in [0.4, 0.5) is 19.7 Å². The van der Waals surface area contributed by atoms with E-state index >= 15 is 4.39 Å². The normalized spacial score (nSPS) is 17.2. The van der Waals surface area contributed by atoms with Gasteiger partial charge in [0, 0.05) is 42.7 Å². The zero-order valence-corrected chi connectivity index (χ0v) is 18.2. The third kappa shape index (κ3) is 3.02. The highest BCUT2D eigenvalue weighted by Crippen LogP contribution is 2.47. The molecule has 32 heavy (non-hydrogen) atoms. The maximum Gasteiger partial charge on any atom is 0.181 e. The summed E-state index contributed by atoms with van der Waals surface area (Å²) >= 11 is 1.08. The van der Waals surface area contributed by atoms with E-state index in [1.165, 1.54) is 12.4 Å². The molecule has 9 heteroatoms. The quantitative estimate of drug-likeness (QED) is 0.478. The molecule has 0 amide bonds. The highest BCUT2D eigenvalue weighted by atomic mass is 32.1. The minimum atomic E-state index is -0.400. The SMILES string of the molecule is Nc1nc2c(-c3c(C4CCC4)cc4c(N5CCNCC5)ncnc4c3F)ccc(F)c2s1. The lowest BCUT2D eigenvalue weighted by Gasteiger charge is -2.31. The molecule has 1 saturated heterocycles. The molecule has 0 spiro atoms. The van der Waals surface area contributed by atoms with Crippen molar-refractivity contribution in [3.63, 3.8) is 0 Å². The molecule has 1 saturated carbocycles. The van der Waals surface area contributed by atoms with Gasteiger partial charge in [-0.1, -0.05) is 17.8 Å². The van der Waals surface area contributed by atoms with Crippen LogP contribution >= 0.6 is 11.3 Å². The van der Waals surface area contributed by atoms with E-state index in [-0.39, 0.29) is 16.6 Å². The third-order valence-electron chi connectivity index (χ3n) is 6.62. The predicted molar refractivity (Wildman–Crippen MR) is 124 cm³/mol. The Labute approximate surface area is 187 Å². The van der Waals surface area contributed by atoms with Crippen molar-refractivity contribution in [2.24, 2.45) is 0 Å². The largest absolute Gasteiger partial charge is 0.375 e. The standard InChI is InChI=1S/C23H22F2N6S/c24-16-5-4-13(20-21(16)32-23(26)30-20)17-14(12-2-1-3-12)10-15-19(18(17)25)28-11-29-22(15)31-8-6-27-7-9-31/h4-5,10-12,27H,1-3,6-9H2,(H2,26,30). The molecule has 3 N–H and O–H groups in total. The molecule has 6 nitrogen and oxygen atoms in total. The third-order valence-corrected chi connectivity index (χ3v) is 7.51. The van der Waals surface area contributed by atoms with Gasteiger partial charge in [-0.2, -0.15) is 0 Å². The Morgan fingerprint density at radius 2 is 1.91 bits per heavy atom. The summed E-state index contributed by atoms with van der Waals surface area (Å²) in [5.74, 6) is 0.219. The Hall–Kier alpha value is -2.91. The van der Waals surface area contributed by atoms with Crippen LogP contribution in [0.2, 0.25) is 0 Å². The number of halogens is 2. The van der Waals surface area contributed by atoms with E-state index in [0.29, 0.717) is 21.3 Å². The first-order valence-electron chi connectivity index (χ1n) is 10.9. The minimum Gasteiger partial charge on any atom is -0.375 e. The zero-order valence-electron chi connectivity index (χ0n) is 17.4. The van der Waals surface area contributed by atoms with Gasteiger partial charge in [-0.15, -0.1) is 0 Å². The van der Waals surface area contributed by atoms with Gasteiger partial charge in [0.1, 0.15) is 23.5 Å². The van der Waals surface area contributed by atoms with Crippen molar-refractivity contribution in [3.05, 3.63) is 41.7 Å². The summed E-state index contributed by atoms with van der Waals surface area (Å²) in [6.07, 6.45) is 4.54. The van der Waals surface area contributed by atoms with Crippen molar-refractivity contribution in [2.45, 2.75) is 25.2 Å². The van der Waals surface area contributed by atoms with Crippen LogP contribution in [0.15, 0.2) is 24.5 Å². The average Bonchev–Trinajstić information content (AvgIpc) is 3.17. The second kappa shape index (κ2) is 7.60. The molecule has 2 aliphatic rings. The van der Waals surface area contributed by atoms with Crippen LogP contribution in [-0.2, 0) is 0 Å². The number of nitrogens with two attached hydrogens (primary N) is 1. The predicted octanol–water partition coefficient (Wildman–Crippen LogP) is 4.44. The molecule has 4 aromatic rings. The molecule has 0 atom stereocenters. The molecule has 2 fully saturated rings. The van der Waals surface area contributed by atoms with Crippen LogP contribution in [0.25, 0.3) is 32.2 Å². The number of thiazole rings is 1. The second-order valence-electron chi connectivity index (χ2n) is 8.44. The summed E-state index contributed by atoms with van der Waals surface area (Å²) < 4.78 is 31.0. The number of hydrogen-bond acceptors (Lipinski definition) is 7. The number of piperazine rings is 1. The number of nitrogens with one attached hydrogen (secondary N) is 1. The molecule has 0 bridgehead atoms. The Morgan fingerprint density at radius 1 is 1.09 bits per heavy atom. The summed E-state index contributed by atoms with van der Waals surface area (Å²) in [4.78, 5) is 15.4. The van der Waals surface area contributed by atoms with E-state index in [1.807, 2.05) is 0 Å². The molecule has 3 heterocycles. The van der Waals surface area contributed by atoms with Crippen LogP contribution in [0.1, 0.15) is 30.7 Å². The summed E-state index contributed by atoms with van der Waals surface area (Å²) in [5, 5.41) is 4.34. The fraction of sp³-hybridized carbons (Fsp3) is 0.348. The van der Waals surface area contributed by atoms with E-state index in [0.717, 1.165) is 73.5 Å². The van der Waals surface area contributed by atoms with Crippen LogP contribution in [-0.4, -0.2) is 41.1 Å². The van der Waals surface area contributed by atoms with Crippen molar-refractivity contribution < 1.29 is 8.78 Å². The van der Waals surface area contributed by atoms with Gasteiger partial charge in [0.2, 0.25) is 0 Å². The zero-order chi connectivity index (χ0) is 21.8. The summed E-state index contributed by atoms with van der Waals surface area (Å²) in [6.45, 7) is 3.34. The number of aromatic nitrogens is 3. The minimum absolute atomic E-state index is 0.246. The van der Waals surface area contributed by atoms with E-state index in [9.17, 15) is 4.39 Å². The maximum absolute atomic E-state index is 16.2. The smallest absolute Gasteiger partial charge is 0.181 e. The molecule has 0 unspecified atom stereocenters. The highest BCUT2D eigenvalue weighted by molar-refractivity contribution is 7.22. The van der Waals surface area contributed by atoms with E-state index in [2.05, 4.69) is 31.2 Å². The van der Waals surface area contributed by atoms with Gasteiger partial charge in [0.25, 0.3) is 0 Å². The molecular formula is C23H22F2N6S. The Kier molecular flexibility index (Phi) is 4.69. The topological polar surface area (TPSA) is 80.0 Å². The average molecular weight is 453 g/mol. The molecule has 0 radical (unpaired) electrons. The first-order valence-corrected chi connectivity index (χ1v) is 11.7. The van der Waals surface area contributed by atoms with Gasteiger partial charge in [-0.3, -0.25) is 0 Å². The monoisotopic (exact) mass is 452 g/mol. The molecule has 1 aliphatic carbocycles. The lowest BCUT2D eigenvalue weighted by atomic mass is 9.76. The van der Waals surface area contributed by atoms with Crippen LogP contribution in [0.3, 0.4) is 0 Å². The summed E-state index contributed by atoms with van der Waals surface area (Å²) in [5.41, 5.74) is 8.53. The van der Waals surface area contributed by atoms with E-state index < -0.39 is 11.6 Å². The number of nitrogen functional groups attached to an aromatic ring is 1. The van der Waals surface area contributed by atoms with Crippen molar-refractivity contribution in [3.8, 4) is 11.1 Å². The fourth-order valence-electron chi connectivity index (χ4n) is 4.80. The summed E-state index contributed by atoms with van der Waals surface area (Å²) in [6, 6.07) is 5.04. The second-order valence-corrected chi connectivity index (χ2v) is 9.47. The van der Waals surface area contributed by atoms with Gasteiger partial charge in [0.15, 0.2) is 10.9 Å². The van der Waals surface area contributed by atoms with E-state index in [1.54, 1.807) is 6.07 Å². The highest BCUT2D eigenvalue weighted by Gasteiger charge is 2.29. The number of fused-ring (bicyclic) bond motifs is 2. The van der Waals surface area contributed by atoms with Crippen molar-refractivity contribution in [1.82, 2.24) is 20.3 Å². The van der Waals surface area contributed by atoms with Crippen LogP contribution < -0.4 is 16.0 Å². The van der Waals surface area contributed by atoms with Gasteiger partial charge >= 0.3 is 0 Å². The number of nitrogens with zero attached hydrogens (tertiary/aromatic N) is 4. The van der Waals surface area contributed by atoms with Gasteiger partial charge in [-0.05, 0) is 42.5 Å². The summed E-state index contributed by atoms with van der Waals surface area (Å²) in [7, 11) is 0. The van der Waals surface area contributed by atoms with Crippen molar-refractivity contribution >= 4 is 43.4 Å². The van der Waals surface area contributed by atoms with Gasteiger partial charge < -0.3 is 16.0 Å². The Bertz CT molecular complexity index is 1340. The molecule has 164 valence electrons. The lowest BCUT2D eigenvalue weighted by molar-refractivity contribution is 0.419. The fourth-order valence-corrected chi connectivity index (χ4v) is 5.57. The van der Waals surface area contributed by atoms with Crippen LogP contribution in [0, 0.1) is 11.6 Å². The van der Waals surface area contributed by atoms with Crippen LogP contribution in [0.5, 0.6) is 0 Å². The van der Waals surface area contributed by atoms with Crippen molar-refractivity contribution in [1.29, 1.82) is 0 Å². The number of hydrogen-bond donors (Lipinski definition) is 2. The molecule has 2 aromatic heterocycles. The molecule has 2 aromatic carbocycles. The Morgan fingerprint density at radius 3 is 2.66 bits per heavy atom. The first-order chi connectivity index (χ1) is 15.6. The lowest BCUT2D eigenvalue weighted by Crippen LogP contribution is -2.44. The molecule has 6 rings (SSSR count). The molecular weight excluding hydrogens is 430 g/mol. The van der Waals surface area contributed by atoms with Crippen molar-refractivity contribution in [2.75, 3.05) is 36.8 Å². The van der Waals surface area contributed by atoms with Gasteiger partial charge in [0.05, 0.1) is 10.2 Å². The molecule has 1 aliphatic heterocycles. The first kappa shape index (κ1) is 19.8. The number of anilines is 2. The maximum atomic E-state index is 16.2. The van der Waals surface area contributed by atoms with Gasteiger partial charge in [-0.25, -0.2) is 23.7 Å². The van der Waals surface area contributed by atoms with E-state index in [4.69, 9.17) is 5.73 Å².